The second kappa shape index (κ2) is 5.22. The van der Waals surface area contributed by atoms with Crippen LogP contribution in [0.25, 0.3) is 0 Å². The van der Waals surface area contributed by atoms with Crippen LogP contribution < -0.4 is 10.6 Å². The molecule has 0 radical (unpaired) electrons. The number of nitrogens with one attached hydrogen (secondary N) is 2. The zero-order valence-corrected chi connectivity index (χ0v) is 8.97. The summed E-state index contributed by atoms with van der Waals surface area (Å²) in [6.45, 7) is 1.22. The highest BCUT2D eigenvalue weighted by atomic mass is 16.4. The maximum atomic E-state index is 5.33. The summed E-state index contributed by atoms with van der Waals surface area (Å²) in [4.78, 5) is 3.94. The molecule has 0 atom stereocenters. The molecule has 2 N–H and O–H groups in total. The highest BCUT2D eigenvalue weighted by Gasteiger charge is 2.03. The molecule has 0 amide bonds. The van der Waals surface area contributed by atoms with E-state index in [-0.39, 0.29) is 0 Å². The van der Waals surface area contributed by atoms with Gasteiger partial charge in [-0.2, -0.15) is 0 Å². The molecule has 2 rings (SSSR count). The minimum absolute atomic E-state index is 0.432. The first-order valence-electron chi connectivity index (χ1n) is 4.98. The minimum Gasteiger partial charge on any atom is -0.407 e. The van der Waals surface area contributed by atoms with Crippen molar-refractivity contribution in [2.24, 2.45) is 0 Å². The van der Waals surface area contributed by atoms with Gasteiger partial charge in [0.15, 0.2) is 0 Å². The summed E-state index contributed by atoms with van der Waals surface area (Å²) in [7, 11) is 1.83. The van der Waals surface area contributed by atoms with E-state index in [0.29, 0.717) is 25.0 Å². The van der Waals surface area contributed by atoms with Crippen LogP contribution in [0, 0.1) is 0 Å². The van der Waals surface area contributed by atoms with E-state index >= 15 is 0 Å². The molecule has 84 valence electrons. The average Bonchev–Trinajstić information content (AvgIpc) is 2.76. The van der Waals surface area contributed by atoms with E-state index in [9.17, 15) is 0 Å². The van der Waals surface area contributed by atoms with E-state index in [1.807, 2.05) is 19.2 Å². The number of hydrogen-bond donors (Lipinski definition) is 2. The van der Waals surface area contributed by atoms with Crippen molar-refractivity contribution in [2.45, 2.75) is 13.1 Å². The van der Waals surface area contributed by atoms with Gasteiger partial charge < -0.3 is 15.1 Å². The average molecular weight is 219 g/mol. The van der Waals surface area contributed by atoms with Crippen molar-refractivity contribution in [3.63, 3.8) is 0 Å². The lowest BCUT2D eigenvalue weighted by molar-refractivity contribution is 0.489. The second-order valence-corrected chi connectivity index (χ2v) is 3.24. The van der Waals surface area contributed by atoms with Gasteiger partial charge in [0, 0.05) is 18.9 Å². The van der Waals surface area contributed by atoms with Crippen LogP contribution in [0.4, 0.5) is 6.01 Å². The number of anilines is 1. The standard InChI is InChI=1S/C10H13N5O/c1-11-7-9-14-15-10(16-9)13-6-8-2-4-12-5-3-8/h2-5,11H,6-7H2,1H3,(H,13,15). The number of hydrogen-bond acceptors (Lipinski definition) is 6. The van der Waals surface area contributed by atoms with Gasteiger partial charge in [0.1, 0.15) is 0 Å². The Bertz CT molecular complexity index is 428. The van der Waals surface area contributed by atoms with Crippen molar-refractivity contribution in [1.29, 1.82) is 0 Å². The first-order valence-corrected chi connectivity index (χ1v) is 4.98. The maximum Gasteiger partial charge on any atom is 0.315 e. The second-order valence-electron chi connectivity index (χ2n) is 3.24. The van der Waals surface area contributed by atoms with E-state index in [0.717, 1.165) is 5.56 Å². The molecule has 0 unspecified atom stereocenters. The lowest BCUT2D eigenvalue weighted by atomic mass is 10.3. The summed E-state index contributed by atoms with van der Waals surface area (Å²) in [5, 5.41) is 13.7. The predicted molar refractivity (Wildman–Crippen MR) is 58.6 cm³/mol. The molecule has 0 fully saturated rings. The van der Waals surface area contributed by atoms with Crippen LogP contribution in [0.5, 0.6) is 0 Å². The third-order valence-electron chi connectivity index (χ3n) is 1.99. The molecule has 0 aliphatic rings. The van der Waals surface area contributed by atoms with E-state index in [4.69, 9.17) is 4.42 Å². The van der Waals surface area contributed by atoms with E-state index in [1.54, 1.807) is 12.4 Å². The van der Waals surface area contributed by atoms with Crippen molar-refractivity contribution >= 4 is 6.01 Å². The Morgan fingerprint density at radius 3 is 2.75 bits per heavy atom. The van der Waals surface area contributed by atoms with Gasteiger partial charge in [-0.15, -0.1) is 5.10 Å². The lowest BCUT2D eigenvalue weighted by Gasteiger charge is -2.00. The third-order valence-corrected chi connectivity index (χ3v) is 1.99. The normalized spacial score (nSPS) is 10.3. The Morgan fingerprint density at radius 1 is 1.19 bits per heavy atom. The van der Waals surface area contributed by atoms with Crippen molar-refractivity contribution in [1.82, 2.24) is 20.5 Å². The molecule has 2 aromatic rings. The van der Waals surface area contributed by atoms with Crippen molar-refractivity contribution in [2.75, 3.05) is 12.4 Å². The molecule has 0 saturated heterocycles. The highest BCUT2D eigenvalue weighted by molar-refractivity contribution is 5.21. The summed E-state index contributed by atoms with van der Waals surface area (Å²) in [5.74, 6) is 0.569. The lowest BCUT2D eigenvalue weighted by Crippen LogP contribution is -2.04. The Morgan fingerprint density at radius 2 is 2.00 bits per heavy atom. The van der Waals surface area contributed by atoms with Crippen molar-refractivity contribution < 1.29 is 4.42 Å². The molecular weight excluding hydrogens is 206 g/mol. The van der Waals surface area contributed by atoms with Gasteiger partial charge >= 0.3 is 6.01 Å². The fraction of sp³-hybridized carbons (Fsp3) is 0.300. The predicted octanol–water partition coefficient (Wildman–Crippen LogP) is 0.796. The highest BCUT2D eigenvalue weighted by Crippen LogP contribution is 2.07. The molecule has 6 nitrogen and oxygen atoms in total. The van der Waals surface area contributed by atoms with Crippen LogP contribution in [-0.2, 0) is 13.1 Å². The molecule has 0 spiro atoms. The molecule has 0 bridgehead atoms. The van der Waals surface area contributed by atoms with Gasteiger partial charge in [0.05, 0.1) is 6.54 Å². The minimum atomic E-state index is 0.432. The van der Waals surface area contributed by atoms with E-state index in [1.165, 1.54) is 0 Å². The zero-order chi connectivity index (χ0) is 11.2. The first-order chi connectivity index (χ1) is 7.88. The summed E-state index contributed by atoms with van der Waals surface area (Å²) >= 11 is 0. The van der Waals surface area contributed by atoms with Gasteiger partial charge in [0.2, 0.25) is 5.89 Å². The Balaban J connectivity index is 1.89. The van der Waals surface area contributed by atoms with Gasteiger partial charge in [-0.3, -0.25) is 4.98 Å². The fourth-order valence-electron chi connectivity index (χ4n) is 1.23. The van der Waals surface area contributed by atoms with Crippen LogP contribution in [-0.4, -0.2) is 22.2 Å². The Kier molecular flexibility index (Phi) is 3.45. The van der Waals surface area contributed by atoms with Crippen molar-refractivity contribution in [3.8, 4) is 0 Å². The van der Waals surface area contributed by atoms with Crippen LogP contribution in [0.3, 0.4) is 0 Å². The molecule has 2 aromatic heterocycles. The molecular formula is C10H13N5O. The number of aromatic nitrogens is 3. The number of nitrogens with zero attached hydrogens (tertiary/aromatic N) is 3. The monoisotopic (exact) mass is 219 g/mol. The Hall–Kier alpha value is -1.95. The smallest absolute Gasteiger partial charge is 0.315 e. The van der Waals surface area contributed by atoms with Crippen LogP contribution in [0.15, 0.2) is 28.9 Å². The van der Waals surface area contributed by atoms with E-state index in [2.05, 4.69) is 25.8 Å². The van der Waals surface area contributed by atoms with Gasteiger partial charge in [-0.05, 0) is 24.7 Å². The third kappa shape index (κ3) is 2.77. The number of rotatable bonds is 5. The molecule has 0 aliphatic heterocycles. The summed E-state index contributed by atoms with van der Waals surface area (Å²) in [5.41, 5.74) is 1.11. The van der Waals surface area contributed by atoms with Gasteiger partial charge in [-0.25, -0.2) is 0 Å². The molecule has 2 heterocycles. The zero-order valence-electron chi connectivity index (χ0n) is 8.97. The molecule has 0 aliphatic carbocycles. The van der Waals surface area contributed by atoms with Crippen molar-refractivity contribution in [3.05, 3.63) is 36.0 Å². The summed E-state index contributed by atoms with van der Waals surface area (Å²) < 4.78 is 5.33. The number of pyridine rings is 1. The quantitative estimate of drug-likeness (QED) is 0.774. The SMILES string of the molecule is CNCc1nnc(NCc2ccncc2)o1. The van der Waals surface area contributed by atoms with Crippen LogP contribution in [0.2, 0.25) is 0 Å². The molecule has 6 heteroatoms. The van der Waals surface area contributed by atoms with Gasteiger partial charge in [0.25, 0.3) is 0 Å². The van der Waals surface area contributed by atoms with Gasteiger partial charge in [-0.1, -0.05) is 5.10 Å². The fourth-order valence-corrected chi connectivity index (χ4v) is 1.23. The van der Waals surface area contributed by atoms with E-state index < -0.39 is 0 Å². The summed E-state index contributed by atoms with van der Waals surface area (Å²) in [6, 6.07) is 4.29. The Labute approximate surface area is 93.1 Å². The summed E-state index contributed by atoms with van der Waals surface area (Å²) in [6.07, 6.45) is 3.49. The largest absolute Gasteiger partial charge is 0.407 e. The van der Waals surface area contributed by atoms with Crippen LogP contribution in [0.1, 0.15) is 11.5 Å². The topological polar surface area (TPSA) is 75.9 Å². The first kappa shape index (κ1) is 10.6. The molecule has 16 heavy (non-hydrogen) atoms. The molecule has 0 saturated carbocycles. The molecule has 0 aromatic carbocycles. The van der Waals surface area contributed by atoms with Crippen LogP contribution >= 0.6 is 0 Å². The maximum absolute atomic E-state index is 5.33.